The Kier molecular flexibility index (Phi) is 7.02. The molecule has 1 fully saturated rings. The molecule has 0 unspecified atom stereocenters. The van der Waals surface area contributed by atoms with Gasteiger partial charge in [-0.3, -0.25) is 14.5 Å². The quantitative estimate of drug-likeness (QED) is 0.837. The second-order valence-electron chi connectivity index (χ2n) is 6.01. The zero-order valence-electron chi connectivity index (χ0n) is 14.1. The summed E-state index contributed by atoms with van der Waals surface area (Å²) in [5.41, 5.74) is 0.986. The fourth-order valence-electron chi connectivity index (χ4n) is 2.57. The van der Waals surface area contributed by atoms with Crippen molar-refractivity contribution in [1.82, 2.24) is 15.1 Å². The molecule has 1 N–H and O–H groups in total. The van der Waals surface area contributed by atoms with Gasteiger partial charge in [0.05, 0.1) is 32.3 Å². The number of hydrogen-bond acceptors (Lipinski definition) is 4. The Morgan fingerprint density at radius 1 is 1.25 bits per heavy atom. The first-order valence-corrected chi connectivity index (χ1v) is 8.42. The van der Waals surface area contributed by atoms with Gasteiger partial charge < -0.3 is 15.0 Å². The SMILES string of the molecule is C[C@H](NC(=O)CN(C)CC(=O)N1CCOCC1)c1ccc(Cl)cc1. The van der Waals surface area contributed by atoms with Crippen molar-refractivity contribution in [2.24, 2.45) is 0 Å². The first-order valence-electron chi connectivity index (χ1n) is 8.04. The average Bonchev–Trinajstić information content (AvgIpc) is 2.55. The monoisotopic (exact) mass is 353 g/mol. The lowest BCUT2D eigenvalue weighted by Crippen LogP contribution is -2.46. The molecule has 6 nitrogen and oxygen atoms in total. The molecule has 1 aliphatic heterocycles. The molecule has 0 saturated carbocycles. The maximum atomic E-state index is 12.2. The van der Waals surface area contributed by atoms with E-state index in [0.29, 0.717) is 31.3 Å². The molecule has 2 rings (SSSR count). The van der Waals surface area contributed by atoms with Gasteiger partial charge in [-0.15, -0.1) is 0 Å². The third-order valence-corrected chi connectivity index (χ3v) is 4.18. The summed E-state index contributed by atoms with van der Waals surface area (Å²) >= 11 is 5.87. The van der Waals surface area contributed by atoms with Crippen LogP contribution in [0.15, 0.2) is 24.3 Å². The number of carbonyl (C=O) groups excluding carboxylic acids is 2. The number of amides is 2. The summed E-state index contributed by atoms with van der Waals surface area (Å²) in [7, 11) is 1.77. The highest BCUT2D eigenvalue weighted by molar-refractivity contribution is 6.30. The molecule has 132 valence electrons. The van der Waals surface area contributed by atoms with Crippen molar-refractivity contribution >= 4 is 23.4 Å². The van der Waals surface area contributed by atoms with Crippen molar-refractivity contribution in [3.05, 3.63) is 34.9 Å². The topological polar surface area (TPSA) is 61.9 Å². The number of nitrogens with zero attached hydrogens (tertiary/aromatic N) is 2. The Morgan fingerprint density at radius 3 is 2.50 bits per heavy atom. The number of benzene rings is 1. The Morgan fingerprint density at radius 2 is 1.88 bits per heavy atom. The predicted molar refractivity (Wildman–Crippen MR) is 92.9 cm³/mol. The van der Waals surface area contributed by atoms with Crippen LogP contribution >= 0.6 is 11.6 Å². The molecule has 7 heteroatoms. The zero-order chi connectivity index (χ0) is 17.5. The highest BCUT2D eigenvalue weighted by atomic mass is 35.5. The van der Waals surface area contributed by atoms with Gasteiger partial charge in [-0.1, -0.05) is 23.7 Å². The third kappa shape index (κ3) is 5.78. The van der Waals surface area contributed by atoms with Crippen molar-refractivity contribution in [2.45, 2.75) is 13.0 Å². The highest BCUT2D eigenvalue weighted by Crippen LogP contribution is 2.15. The summed E-state index contributed by atoms with van der Waals surface area (Å²) in [5, 5.41) is 3.60. The van der Waals surface area contributed by atoms with E-state index in [4.69, 9.17) is 16.3 Å². The predicted octanol–water partition coefficient (Wildman–Crippen LogP) is 1.31. The Balaban J connectivity index is 1.76. The molecular weight excluding hydrogens is 330 g/mol. The fourth-order valence-corrected chi connectivity index (χ4v) is 2.69. The fraction of sp³-hybridized carbons (Fsp3) is 0.529. The van der Waals surface area contributed by atoms with Gasteiger partial charge in [-0.25, -0.2) is 0 Å². The van der Waals surface area contributed by atoms with Gasteiger partial charge >= 0.3 is 0 Å². The van der Waals surface area contributed by atoms with Gasteiger partial charge in [0.15, 0.2) is 0 Å². The number of morpholine rings is 1. The molecule has 1 heterocycles. The number of hydrogen-bond donors (Lipinski definition) is 1. The van der Waals surface area contributed by atoms with Gasteiger partial charge in [-0.05, 0) is 31.7 Å². The van der Waals surface area contributed by atoms with Crippen molar-refractivity contribution in [1.29, 1.82) is 0 Å². The molecule has 1 aliphatic rings. The van der Waals surface area contributed by atoms with Crippen LogP contribution < -0.4 is 5.32 Å². The average molecular weight is 354 g/mol. The molecule has 24 heavy (non-hydrogen) atoms. The van der Waals surface area contributed by atoms with Gasteiger partial charge in [0.25, 0.3) is 0 Å². The van der Waals surface area contributed by atoms with E-state index in [1.54, 1.807) is 29.0 Å². The van der Waals surface area contributed by atoms with E-state index in [0.717, 1.165) is 5.56 Å². The number of halogens is 1. The lowest BCUT2D eigenvalue weighted by Gasteiger charge is -2.28. The van der Waals surface area contributed by atoms with Crippen molar-refractivity contribution in [3.63, 3.8) is 0 Å². The molecule has 1 saturated heterocycles. The minimum atomic E-state index is -0.116. The number of likely N-dealkylation sites (N-methyl/N-ethyl adjacent to an activating group) is 1. The number of rotatable bonds is 6. The van der Waals surface area contributed by atoms with Crippen molar-refractivity contribution < 1.29 is 14.3 Å². The maximum absolute atomic E-state index is 12.2. The second-order valence-corrected chi connectivity index (χ2v) is 6.44. The molecule has 1 aromatic carbocycles. The van der Waals surface area contributed by atoms with E-state index in [1.807, 2.05) is 19.1 Å². The van der Waals surface area contributed by atoms with Gasteiger partial charge in [0.1, 0.15) is 0 Å². The molecule has 2 amide bonds. The molecule has 0 spiro atoms. The molecule has 0 aromatic heterocycles. The minimum absolute atomic E-state index is 0.0272. The van der Waals surface area contributed by atoms with E-state index in [9.17, 15) is 9.59 Å². The Bertz CT molecular complexity index is 559. The van der Waals surface area contributed by atoms with Crippen LogP contribution in [-0.4, -0.2) is 68.1 Å². The molecule has 0 aliphatic carbocycles. The largest absolute Gasteiger partial charge is 0.378 e. The summed E-state index contributed by atoms with van der Waals surface area (Å²) in [5.74, 6) is -0.0888. The Labute approximate surface area is 147 Å². The molecule has 1 aromatic rings. The summed E-state index contributed by atoms with van der Waals surface area (Å²) in [6.07, 6.45) is 0. The normalized spacial score (nSPS) is 16.1. The van der Waals surface area contributed by atoms with Crippen LogP contribution in [-0.2, 0) is 14.3 Å². The van der Waals surface area contributed by atoms with Gasteiger partial charge in [0.2, 0.25) is 11.8 Å². The summed E-state index contributed by atoms with van der Waals surface area (Å²) in [4.78, 5) is 27.8. The minimum Gasteiger partial charge on any atom is -0.378 e. The van der Waals surface area contributed by atoms with Crippen LogP contribution in [0.5, 0.6) is 0 Å². The lowest BCUT2D eigenvalue weighted by molar-refractivity contribution is -0.136. The van der Waals surface area contributed by atoms with Crippen LogP contribution in [0.25, 0.3) is 0 Å². The highest BCUT2D eigenvalue weighted by Gasteiger charge is 2.19. The van der Waals surface area contributed by atoms with E-state index in [1.165, 1.54) is 0 Å². The van der Waals surface area contributed by atoms with E-state index < -0.39 is 0 Å². The number of carbonyl (C=O) groups is 2. The third-order valence-electron chi connectivity index (χ3n) is 3.93. The maximum Gasteiger partial charge on any atom is 0.236 e. The molecular formula is C17H24ClN3O3. The number of ether oxygens (including phenoxy) is 1. The molecule has 0 radical (unpaired) electrons. The lowest BCUT2D eigenvalue weighted by atomic mass is 10.1. The summed E-state index contributed by atoms with van der Waals surface area (Å²) in [6, 6.07) is 7.26. The van der Waals surface area contributed by atoms with Gasteiger partial charge in [-0.2, -0.15) is 0 Å². The van der Waals surface area contributed by atoms with Crippen LogP contribution in [0.1, 0.15) is 18.5 Å². The zero-order valence-corrected chi connectivity index (χ0v) is 14.9. The summed E-state index contributed by atoms with van der Waals surface area (Å²) in [6.45, 7) is 4.71. The van der Waals surface area contributed by atoms with Crippen molar-refractivity contribution in [2.75, 3.05) is 46.4 Å². The van der Waals surface area contributed by atoms with E-state index >= 15 is 0 Å². The van der Waals surface area contributed by atoms with Crippen LogP contribution in [0.2, 0.25) is 5.02 Å². The van der Waals surface area contributed by atoms with Crippen LogP contribution in [0.4, 0.5) is 0 Å². The molecule has 0 bridgehead atoms. The molecule has 1 atom stereocenters. The smallest absolute Gasteiger partial charge is 0.236 e. The first kappa shape index (κ1) is 18.7. The van der Waals surface area contributed by atoms with Crippen molar-refractivity contribution in [3.8, 4) is 0 Å². The van der Waals surface area contributed by atoms with Gasteiger partial charge in [0, 0.05) is 18.1 Å². The number of nitrogens with one attached hydrogen (secondary N) is 1. The van der Waals surface area contributed by atoms with E-state index in [2.05, 4.69) is 5.32 Å². The van der Waals surface area contributed by atoms with Crippen LogP contribution in [0, 0.1) is 0 Å². The van der Waals surface area contributed by atoms with E-state index in [-0.39, 0.29) is 30.9 Å². The van der Waals surface area contributed by atoms with Crippen LogP contribution in [0.3, 0.4) is 0 Å². The standard InChI is InChI=1S/C17H24ClN3O3/c1-13(14-3-5-15(18)6-4-14)19-16(22)11-20(2)12-17(23)21-7-9-24-10-8-21/h3-6,13H,7-12H2,1-2H3,(H,19,22)/t13-/m0/s1. The Hall–Kier alpha value is -1.63. The first-order chi connectivity index (χ1) is 11.5. The summed E-state index contributed by atoms with van der Waals surface area (Å²) < 4.78 is 5.23. The second kappa shape index (κ2) is 9.01.